The fourth-order valence-electron chi connectivity index (χ4n) is 5.43. The number of aromatic nitrogens is 1. The summed E-state index contributed by atoms with van der Waals surface area (Å²) < 4.78 is 39.4. The number of amides is 3. The van der Waals surface area contributed by atoms with Gasteiger partial charge in [0.25, 0.3) is 5.91 Å². The number of nitrogens with one attached hydrogen (secondary N) is 2. The number of benzene rings is 3. The number of nitrogens with zero attached hydrogens (tertiary/aromatic N) is 1. The second-order valence-corrected chi connectivity index (χ2v) is 14.0. The van der Waals surface area contributed by atoms with Crippen molar-refractivity contribution in [2.75, 3.05) is 31.0 Å². The number of ether oxygens (including phenoxy) is 3. The van der Waals surface area contributed by atoms with Gasteiger partial charge in [-0.1, -0.05) is 29.2 Å². The molecule has 46 heavy (non-hydrogen) atoms. The van der Waals surface area contributed by atoms with Gasteiger partial charge in [-0.25, -0.2) is 18.5 Å². The molecule has 0 spiro atoms. The van der Waals surface area contributed by atoms with Crippen LogP contribution in [-0.4, -0.2) is 57.2 Å². The molecule has 3 amide bonds. The number of primary sulfonamides is 1. The summed E-state index contributed by atoms with van der Waals surface area (Å²) in [6, 6.07) is 16.9. The van der Waals surface area contributed by atoms with Crippen molar-refractivity contribution < 1.29 is 37.0 Å². The predicted octanol–water partition coefficient (Wildman–Crippen LogP) is 2.91. The number of sulfonamides is 1. The normalized spacial score (nSPS) is 18.9. The maximum Gasteiger partial charge on any atom is 0.305 e. The summed E-state index contributed by atoms with van der Waals surface area (Å²) in [6.45, 7) is -0.398. The maximum absolute atomic E-state index is 14.0. The van der Waals surface area contributed by atoms with Crippen LogP contribution in [0.15, 0.2) is 81.4 Å². The van der Waals surface area contributed by atoms with Gasteiger partial charge in [0.1, 0.15) is 11.0 Å². The molecule has 0 radical (unpaired) electrons. The van der Waals surface area contributed by atoms with E-state index in [2.05, 4.69) is 10.3 Å². The van der Waals surface area contributed by atoms with Gasteiger partial charge >= 0.3 is 4.87 Å². The number of carbonyl (C=O) groups is 3. The minimum absolute atomic E-state index is 0.0920. The summed E-state index contributed by atoms with van der Waals surface area (Å²) in [5.74, 6) is -1.65. The minimum Gasteiger partial charge on any atom is -0.497 e. The molecule has 3 heterocycles. The highest BCUT2D eigenvalue weighted by Crippen LogP contribution is 2.53. The van der Waals surface area contributed by atoms with Crippen molar-refractivity contribution in [3.8, 4) is 17.2 Å². The number of fused-ring (bicyclic) bond motifs is 2. The van der Waals surface area contributed by atoms with Gasteiger partial charge in [0.05, 0.1) is 35.7 Å². The molecule has 13 nitrogen and oxygen atoms in total. The van der Waals surface area contributed by atoms with Crippen LogP contribution in [0.4, 0.5) is 11.4 Å². The average molecular weight is 683 g/mol. The second kappa shape index (κ2) is 12.3. The number of methoxy groups -OCH3 is 2. The zero-order valence-corrected chi connectivity index (χ0v) is 26.7. The van der Waals surface area contributed by atoms with E-state index in [4.69, 9.17) is 19.3 Å². The third-order valence-electron chi connectivity index (χ3n) is 7.53. The summed E-state index contributed by atoms with van der Waals surface area (Å²) in [6.07, 6.45) is 0. The van der Waals surface area contributed by atoms with Crippen molar-refractivity contribution in [3.05, 3.63) is 86.8 Å². The molecule has 3 aromatic carbocycles. The number of nitrogens with two attached hydrogens (primary N) is 1. The van der Waals surface area contributed by atoms with Crippen LogP contribution in [-0.2, 0) is 24.4 Å². The van der Waals surface area contributed by atoms with Gasteiger partial charge in [0.2, 0.25) is 21.8 Å². The van der Waals surface area contributed by atoms with E-state index in [0.29, 0.717) is 32.6 Å². The van der Waals surface area contributed by atoms with Gasteiger partial charge in [-0.3, -0.25) is 19.2 Å². The van der Waals surface area contributed by atoms with E-state index < -0.39 is 45.5 Å². The number of imide groups is 1. The molecule has 4 aromatic rings. The first-order valence-electron chi connectivity index (χ1n) is 13.6. The van der Waals surface area contributed by atoms with Crippen molar-refractivity contribution >= 4 is 62.2 Å². The third-order valence-corrected chi connectivity index (χ3v) is 10.9. The smallest absolute Gasteiger partial charge is 0.305 e. The Morgan fingerprint density at radius 1 is 0.957 bits per heavy atom. The highest BCUT2D eigenvalue weighted by atomic mass is 32.2. The first-order chi connectivity index (χ1) is 22.0. The Kier molecular flexibility index (Phi) is 8.37. The van der Waals surface area contributed by atoms with E-state index in [1.165, 1.54) is 55.1 Å². The molecule has 6 rings (SSSR count). The van der Waals surface area contributed by atoms with E-state index in [1.54, 1.807) is 42.5 Å². The molecule has 2 aliphatic rings. The Morgan fingerprint density at radius 2 is 1.67 bits per heavy atom. The van der Waals surface area contributed by atoms with Crippen molar-refractivity contribution in [1.29, 1.82) is 0 Å². The quantitative estimate of drug-likeness (QED) is 0.222. The number of thiazole rings is 1. The van der Waals surface area contributed by atoms with E-state index in [-0.39, 0.29) is 27.2 Å². The van der Waals surface area contributed by atoms with E-state index >= 15 is 0 Å². The lowest BCUT2D eigenvalue weighted by Gasteiger charge is -2.30. The molecule has 1 fully saturated rings. The minimum atomic E-state index is -3.87. The van der Waals surface area contributed by atoms with Crippen molar-refractivity contribution in [3.63, 3.8) is 0 Å². The monoisotopic (exact) mass is 682 g/mol. The molecule has 16 heteroatoms. The van der Waals surface area contributed by atoms with E-state index in [9.17, 15) is 27.6 Å². The molecule has 3 atom stereocenters. The summed E-state index contributed by atoms with van der Waals surface area (Å²) in [5.41, 5.74) is 1.38. The molecular weight excluding hydrogens is 657 g/mol. The Balaban J connectivity index is 1.25. The van der Waals surface area contributed by atoms with E-state index in [0.717, 1.165) is 11.3 Å². The summed E-state index contributed by atoms with van der Waals surface area (Å²) >= 11 is 2.16. The molecule has 1 aromatic heterocycles. The second-order valence-electron chi connectivity index (χ2n) is 10.3. The lowest BCUT2D eigenvalue weighted by atomic mass is 9.83. The number of hydrogen-bond donors (Lipinski definition) is 3. The van der Waals surface area contributed by atoms with Crippen LogP contribution in [0.2, 0.25) is 0 Å². The average Bonchev–Trinajstić information content (AvgIpc) is 3.53. The highest BCUT2D eigenvalue weighted by Gasteiger charge is 2.56. The number of thioether (sulfide) groups is 1. The molecule has 0 bridgehead atoms. The highest BCUT2D eigenvalue weighted by molar-refractivity contribution is 8.00. The van der Waals surface area contributed by atoms with Crippen LogP contribution in [0, 0.1) is 5.92 Å². The van der Waals surface area contributed by atoms with Crippen LogP contribution in [0.25, 0.3) is 0 Å². The Labute approximate surface area is 270 Å². The van der Waals surface area contributed by atoms with Crippen LogP contribution < -0.4 is 34.4 Å². The van der Waals surface area contributed by atoms with E-state index in [1.807, 2.05) is 0 Å². The summed E-state index contributed by atoms with van der Waals surface area (Å²) in [5, 5.41) is 7.47. The standard InChI is InChI=1S/C30H26N4O9S3/c1-41-18-8-6-17(7-9-18)34-28(36)24-23(25-27(33-30(38)45-25)44-26(24)29(34)37)15-3-12-20(21(13-15)42-2)43-14-22(35)32-16-4-10-19(11-5-16)46(31,39)40/h3-13,23-24,26H,14H2,1-2H3,(H,32,35)(H,33,38)(H2,31,39,40)/t23-,24?,26?/m1/s1. The summed E-state index contributed by atoms with van der Waals surface area (Å²) in [4.78, 5) is 56.8. The van der Waals surface area contributed by atoms with Gasteiger partial charge in [0, 0.05) is 16.5 Å². The predicted molar refractivity (Wildman–Crippen MR) is 170 cm³/mol. The topological polar surface area (TPSA) is 187 Å². The first kappa shape index (κ1) is 31.3. The molecule has 0 aliphatic carbocycles. The van der Waals surface area contributed by atoms with Gasteiger partial charge in [-0.05, 0) is 66.2 Å². The van der Waals surface area contributed by atoms with Crippen LogP contribution in [0.3, 0.4) is 0 Å². The fraction of sp³-hybridized carbons (Fsp3) is 0.200. The lowest BCUT2D eigenvalue weighted by Crippen LogP contribution is -2.32. The lowest BCUT2D eigenvalue weighted by molar-refractivity contribution is -0.122. The van der Waals surface area contributed by atoms with Gasteiger partial charge in [-0.2, -0.15) is 0 Å². The fourth-order valence-corrected chi connectivity index (χ4v) is 8.46. The molecule has 4 N–H and O–H groups in total. The van der Waals surface area contributed by atoms with Crippen molar-refractivity contribution in [2.24, 2.45) is 11.1 Å². The number of carbonyl (C=O) groups excluding carboxylic acids is 3. The first-order valence-corrected chi connectivity index (χ1v) is 16.9. The van der Waals surface area contributed by atoms with Gasteiger partial charge in [-0.15, -0.1) is 0 Å². The SMILES string of the molecule is COc1ccc(N2C(=O)C3Sc4[nH]c(=O)sc4[C@H](c4ccc(OCC(=O)Nc5ccc(S(N)(=O)=O)cc5)c(OC)c4)C3C2=O)cc1. The molecule has 2 aliphatic heterocycles. The zero-order chi connectivity index (χ0) is 32.7. The molecule has 238 valence electrons. The third kappa shape index (κ3) is 5.87. The van der Waals surface area contributed by atoms with Crippen LogP contribution in [0.5, 0.6) is 17.2 Å². The number of hydrogen-bond acceptors (Lipinski definition) is 11. The Bertz CT molecular complexity index is 2010. The molecule has 1 saturated heterocycles. The Hall–Kier alpha value is -4.64. The Morgan fingerprint density at radius 3 is 2.33 bits per heavy atom. The largest absolute Gasteiger partial charge is 0.497 e. The molecular formula is C30H26N4O9S3. The zero-order valence-electron chi connectivity index (χ0n) is 24.2. The molecule has 2 unspecified atom stereocenters. The number of aromatic amines is 1. The van der Waals surface area contributed by atoms with Crippen LogP contribution in [0.1, 0.15) is 16.4 Å². The number of rotatable bonds is 9. The summed E-state index contributed by atoms with van der Waals surface area (Å²) in [7, 11) is -0.920. The van der Waals surface area contributed by atoms with Gasteiger partial charge < -0.3 is 24.5 Å². The van der Waals surface area contributed by atoms with Gasteiger partial charge in [0.15, 0.2) is 18.1 Å². The number of anilines is 2. The number of H-pyrrole nitrogens is 1. The van der Waals surface area contributed by atoms with Crippen molar-refractivity contribution in [2.45, 2.75) is 21.1 Å². The molecule has 0 saturated carbocycles. The van der Waals surface area contributed by atoms with Crippen LogP contribution >= 0.6 is 23.1 Å². The maximum atomic E-state index is 14.0. The van der Waals surface area contributed by atoms with Crippen molar-refractivity contribution in [1.82, 2.24) is 4.98 Å².